The molecule has 1 amide bonds. The Morgan fingerprint density at radius 3 is 2.48 bits per heavy atom. The van der Waals surface area contributed by atoms with Crippen molar-refractivity contribution in [3.63, 3.8) is 0 Å². The number of phenols is 1. The number of benzene rings is 1. The number of rotatable bonds is 5. The number of aliphatic hydroxyl groups excluding tert-OH is 2. The second-order valence-electron chi connectivity index (χ2n) is 5.91. The Hall–Kier alpha value is -1.51. The average molecular weight is 392 g/mol. The zero-order valence-electron chi connectivity index (χ0n) is 13.5. The molecular formula is C15H22BrNO6. The van der Waals surface area contributed by atoms with Crippen LogP contribution in [0.1, 0.15) is 32.4 Å². The Labute approximate surface area is 143 Å². The van der Waals surface area contributed by atoms with Crippen molar-refractivity contribution < 1.29 is 29.6 Å². The first kappa shape index (κ1) is 19.5. The van der Waals surface area contributed by atoms with Crippen LogP contribution in [0.3, 0.4) is 0 Å². The van der Waals surface area contributed by atoms with Gasteiger partial charge in [-0.15, -0.1) is 0 Å². The molecule has 1 aromatic rings. The van der Waals surface area contributed by atoms with Crippen LogP contribution in [-0.2, 0) is 4.74 Å². The number of carbonyl (C=O) groups is 1. The van der Waals surface area contributed by atoms with Crippen molar-refractivity contribution in [1.29, 1.82) is 0 Å². The number of halogens is 1. The molecule has 1 rings (SSSR count). The molecule has 0 aromatic heterocycles. The summed E-state index contributed by atoms with van der Waals surface area (Å²) in [6, 6.07) is 2.97. The van der Waals surface area contributed by atoms with E-state index in [1.807, 2.05) is 0 Å². The van der Waals surface area contributed by atoms with Gasteiger partial charge in [-0.3, -0.25) is 0 Å². The fourth-order valence-electron chi connectivity index (χ4n) is 1.78. The predicted molar refractivity (Wildman–Crippen MR) is 87.6 cm³/mol. The first-order valence-electron chi connectivity index (χ1n) is 6.95. The molecule has 0 radical (unpaired) electrons. The Kier molecular flexibility index (Phi) is 6.67. The zero-order valence-corrected chi connectivity index (χ0v) is 15.0. The van der Waals surface area contributed by atoms with Gasteiger partial charge in [-0.2, -0.15) is 0 Å². The molecule has 7 nitrogen and oxygen atoms in total. The highest BCUT2D eigenvalue weighted by atomic mass is 79.9. The molecule has 1 aromatic carbocycles. The molecule has 0 aliphatic carbocycles. The van der Waals surface area contributed by atoms with Crippen LogP contribution >= 0.6 is 15.9 Å². The quantitative estimate of drug-likeness (QED) is 0.611. The number of alkyl carbamates (subject to hydrolysis) is 1. The minimum absolute atomic E-state index is 0.184. The van der Waals surface area contributed by atoms with E-state index in [4.69, 9.17) is 9.47 Å². The Bertz CT molecular complexity index is 558. The van der Waals surface area contributed by atoms with Crippen LogP contribution in [-0.4, -0.2) is 46.8 Å². The Balaban J connectivity index is 2.72. The van der Waals surface area contributed by atoms with Crippen molar-refractivity contribution >= 4 is 22.0 Å². The SMILES string of the molecule is COc1ccc(C(O)C(O)CNC(=O)OC(C)(C)C)c(Br)c1O. The number of hydrogen-bond donors (Lipinski definition) is 4. The van der Waals surface area contributed by atoms with Crippen LogP contribution in [0, 0.1) is 0 Å². The average Bonchev–Trinajstić information content (AvgIpc) is 2.45. The van der Waals surface area contributed by atoms with E-state index in [1.165, 1.54) is 19.2 Å². The van der Waals surface area contributed by atoms with E-state index < -0.39 is 23.9 Å². The summed E-state index contributed by atoms with van der Waals surface area (Å²) in [6.07, 6.45) is -3.30. The topological polar surface area (TPSA) is 108 Å². The number of aliphatic hydroxyl groups is 2. The largest absolute Gasteiger partial charge is 0.503 e. The third-order valence-corrected chi connectivity index (χ3v) is 3.70. The minimum Gasteiger partial charge on any atom is -0.503 e. The lowest BCUT2D eigenvalue weighted by atomic mass is 10.0. The van der Waals surface area contributed by atoms with Gasteiger partial charge in [0.1, 0.15) is 17.8 Å². The van der Waals surface area contributed by atoms with Crippen molar-refractivity contribution in [3.8, 4) is 11.5 Å². The van der Waals surface area contributed by atoms with E-state index in [0.717, 1.165) is 0 Å². The maximum Gasteiger partial charge on any atom is 0.407 e. The highest BCUT2D eigenvalue weighted by molar-refractivity contribution is 9.10. The van der Waals surface area contributed by atoms with Gasteiger partial charge in [0, 0.05) is 12.1 Å². The third-order valence-electron chi connectivity index (χ3n) is 2.87. The van der Waals surface area contributed by atoms with E-state index >= 15 is 0 Å². The zero-order chi connectivity index (χ0) is 17.8. The van der Waals surface area contributed by atoms with Crippen LogP contribution in [0.25, 0.3) is 0 Å². The normalized spacial score (nSPS) is 14.0. The molecule has 2 unspecified atom stereocenters. The predicted octanol–water partition coefficient (Wildman–Crippen LogP) is 2.08. The van der Waals surface area contributed by atoms with E-state index in [1.54, 1.807) is 20.8 Å². The summed E-state index contributed by atoms with van der Waals surface area (Å²) in [6.45, 7) is 4.94. The number of aromatic hydroxyl groups is 1. The number of methoxy groups -OCH3 is 1. The van der Waals surface area contributed by atoms with Gasteiger partial charge in [0.05, 0.1) is 11.6 Å². The molecule has 8 heteroatoms. The molecule has 4 N–H and O–H groups in total. The summed E-state index contributed by atoms with van der Waals surface area (Å²) in [5.41, 5.74) is -0.389. The van der Waals surface area contributed by atoms with Crippen LogP contribution in [0.2, 0.25) is 0 Å². The van der Waals surface area contributed by atoms with E-state index in [2.05, 4.69) is 21.2 Å². The number of amides is 1. The van der Waals surface area contributed by atoms with Crippen LogP contribution in [0.5, 0.6) is 11.5 Å². The van der Waals surface area contributed by atoms with Crippen LogP contribution in [0.15, 0.2) is 16.6 Å². The molecule has 0 spiro atoms. The monoisotopic (exact) mass is 391 g/mol. The Morgan fingerprint density at radius 2 is 1.96 bits per heavy atom. The molecule has 0 bridgehead atoms. The molecule has 0 aliphatic rings. The summed E-state index contributed by atoms with van der Waals surface area (Å²) < 4.78 is 10.2. The van der Waals surface area contributed by atoms with Gasteiger partial charge < -0.3 is 30.1 Å². The lowest BCUT2D eigenvalue weighted by Gasteiger charge is -2.23. The van der Waals surface area contributed by atoms with E-state index in [9.17, 15) is 20.1 Å². The maximum atomic E-state index is 11.5. The first-order valence-corrected chi connectivity index (χ1v) is 7.74. The number of hydrogen-bond acceptors (Lipinski definition) is 6. The highest BCUT2D eigenvalue weighted by Crippen LogP contribution is 2.39. The molecular weight excluding hydrogens is 370 g/mol. The van der Waals surface area contributed by atoms with Crippen molar-refractivity contribution in [2.45, 2.75) is 38.6 Å². The number of ether oxygens (including phenoxy) is 2. The van der Waals surface area contributed by atoms with Gasteiger partial charge >= 0.3 is 6.09 Å². The fourth-order valence-corrected chi connectivity index (χ4v) is 2.34. The van der Waals surface area contributed by atoms with Gasteiger partial charge in [-0.05, 0) is 42.8 Å². The minimum atomic E-state index is -1.32. The molecule has 130 valence electrons. The molecule has 0 heterocycles. The van der Waals surface area contributed by atoms with E-state index in [-0.39, 0.29) is 28.1 Å². The first-order chi connectivity index (χ1) is 10.6. The maximum absolute atomic E-state index is 11.5. The van der Waals surface area contributed by atoms with Gasteiger partial charge in [-0.1, -0.05) is 6.07 Å². The van der Waals surface area contributed by atoms with Crippen LogP contribution < -0.4 is 10.1 Å². The summed E-state index contributed by atoms with van der Waals surface area (Å²) in [5, 5.41) is 32.5. The molecule has 0 saturated carbocycles. The van der Waals surface area contributed by atoms with Crippen LogP contribution in [0.4, 0.5) is 4.79 Å². The second-order valence-corrected chi connectivity index (χ2v) is 6.71. The molecule has 0 saturated heterocycles. The Morgan fingerprint density at radius 1 is 1.35 bits per heavy atom. The van der Waals surface area contributed by atoms with Crippen molar-refractivity contribution in [2.75, 3.05) is 13.7 Å². The smallest absolute Gasteiger partial charge is 0.407 e. The van der Waals surface area contributed by atoms with Crippen molar-refractivity contribution in [3.05, 3.63) is 22.2 Å². The van der Waals surface area contributed by atoms with Gasteiger partial charge in [-0.25, -0.2) is 4.79 Å². The summed E-state index contributed by atoms with van der Waals surface area (Å²) >= 11 is 3.15. The summed E-state index contributed by atoms with van der Waals surface area (Å²) in [5.74, 6) is 0.0468. The van der Waals surface area contributed by atoms with Gasteiger partial charge in [0.2, 0.25) is 0 Å². The lowest BCUT2D eigenvalue weighted by Crippen LogP contribution is -2.38. The molecule has 0 aliphatic heterocycles. The van der Waals surface area contributed by atoms with Gasteiger partial charge in [0.25, 0.3) is 0 Å². The summed E-state index contributed by atoms with van der Waals surface area (Å²) in [7, 11) is 1.40. The van der Waals surface area contributed by atoms with Crippen molar-refractivity contribution in [2.24, 2.45) is 0 Å². The molecule has 0 fully saturated rings. The second kappa shape index (κ2) is 7.85. The highest BCUT2D eigenvalue weighted by Gasteiger charge is 2.25. The lowest BCUT2D eigenvalue weighted by molar-refractivity contribution is 0.0124. The van der Waals surface area contributed by atoms with Gasteiger partial charge in [0.15, 0.2) is 11.5 Å². The van der Waals surface area contributed by atoms with E-state index in [0.29, 0.717) is 0 Å². The number of phenolic OH excluding ortho intramolecular Hbond substituents is 1. The number of carbonyl (C=O) groups excluding carboxylic acids is 1. The number of nitrogens with one attached hydrogen (secondary N) is 1. The molecule has 23 heavy (non-hydrogen) atoms. The molecule has 2 atom stereocenters. The third kappa shape index (κ3) is 5.56. The fraction of sp³-hybridized carbons (Fsp3) is 0.533. The van der Waals surface area contributed by atoms with Crippen molar-refractivity contribution in [1.82, 2.24) is 5.32 Å². The standard InChI is InChI=1S/C15H22BrNO6/c1-15(2,3)23-14(21)17-7-9(18)12(19)8-5-6-10(22-4)13(20)11(8)16/h5-6,9,12,18-20H,7H2,1-4H3,(H,17,21). The summed E-state index contributed by atoms with van der Waals surface area (Å²) in [4.78, 5) is 11.5.